The van der Waals surface area contributed by atoms with Gasteiger partial charge in [0.1, 0.15) is 5.75 Å². The Kier molecular flexibility index (Phi) is 6.40. The highest BCUT2D eigenvalue weighted by atomic mass is 35.5. The van der Waals surface area contributed by atoms with Crippen molar-refractivity contribution in [2.45, 2.75) is 38.3 Å². The van der Waals surface area contributed by atoms with Crippen LogP contribution in [0.4, 0.5) is 14.5 Å². The summed E-state index contributed by atoms with van der Waals surface area (Å²) in [5, 5.41) is 5.42. The summed E-state index contributed by atoms with van der Waals surface area (Å²) in [4.78, 5) is 11.9. The molecule has 124 valence electrons. The van der Waals surface area contributed by atoms with E-state index in [9.17, 15) is 13.6 Å². The van der Waals surface area contributed by atoms with Gasteiger partial charge in [-0.25, -0.2) is 8.78 Å². The molecule has 1 aliphatic heterocycles. The second-order valence-corrected chi connectivity index (χ2v) is 5.70. The van der Waals surface area contributed by atoms with Gasteiger partial charge in [0.2, 0.25) is 5.91 Å². The Labute approximate surface area is 139 Å². The fourth-order valence-corrected chi connectivity index (χ4v) is 2.28. The topological polar surface area (TPSA) is 50.4 Å². The van der Waals surface area contributed by atoms with Crippen molar-refractivity contribution in [2.75, 3.05) is 11.9 Å². The van der Waals surface area contributed by atoms with Crippen molar-refractivity contribution in [1.82, 2.24) is 5.32 Å². The molecular weight excluding hydrogens is 337 g/mol. The minimum Gasteiger partial charge on any atom is -0.489 e. The van der Waals surface area contributed by atoms with Crippen LogP contribution < -0.4 is 15.4 Å². The Balaban J connectivity index is 0.00000242. The van der Waals surface area contributed by atoms with E-state index in [4.69, 9.17) is 16.3 Å². The summed E-state index contributed by atoms with van der Waals surface area (Å²) in [6.07, 6.45) is -0.519. The molecule has 0 radical (unpaired) electrons. The molecule has 8 heteroatoms. The van der Waals surface area contributed by atoms with E-state index in [0.717, 1.165) is 0 Å². The molecule has 0 aromatic heterocycles. The first-order valence-corrected chi connectivity index (χ1v) is 7.03. The van der Waals surface area contributed by atoms with Gasteiger partial charge in [-0.2, -0.15) is 0 Å². The Bertz CT molecular complexity index is 542. The van der Waals surface area contributed by atoms with Gasteiger partial charge in [0.25, 0.3) is 5.92 Å². The number of nitrogens with one attached hydrogen (secondary N) is 2. The highest BCUT2D eigenvalue weighted by molar-refractivity contribution is 6.32. The van der Waals surface area contributed by atoms with Crippen LogP contribution in [0.15, 0.2) is 18.2 Å². The Morgan fingerprint density at radius 1 is 1.50 bits per heavy atom. The zero-order valence-electron chi connectivity index (χ0n) is 12.2. The standard InChI is InChI=1S/C14H17ClF2N2O2.ClH/c1-8(2)21-12-4-3-9(5-10(12)15)19-13(20)11-6-14(16,17)7-18-11;/h3-5,8,11,18H,6-7H2,1-2H3,(H,19,20);1H. The highest BCUT2D eigenvalue weighted by Gasteiger charge is 2.42. The van der Waals surface area contributed by atoms with Crippen molar-refractivity contribution in [2.24, 2.45) is 0 Å². The van der Waals surface area contributed by atoms with Crippen LogP contribution in [0, 0.1) is 0 Å². The summed E-state index contributed by atoms with van der Waals surface area (Å²) < 4.78 is 31.6. The number of alkyl halides is 2. The molecule has 22 heavy (non-hydrogen) atoms. The number of halogens is 4. The average Bonchev–Trinajstić information content (AvgIpc) is 2.73. The van der Waals surface area contributed by atoms with E-state index in [2.05, 4.69) is 10.6 Å². The summed E-state index contributed by atoms with van der Waals surface area (Å²) in [6.45, 7) is 3.27. The number of amides is 1. The van der Waals surface area contributed by atoms with Crippen molar-refractivity contribution in [3.63, 3.8) is 0 Å². The number of hydrogen-bond donors (Lipinski definition) is 2. The van der Waals surface area contributed by atoms with Crippen LogP contribution in [0.5, 0.6) is 5.75 Å². The lowest BCUT2D eigenvalue weighted by Crippen LogP contribution is -2.35. The number of anilines is 1. The normalized spacial score (nSPS) is 19.6. The first-order valence-electron chi connectivity index (χ1n) is 6.65. The van der Waals surface area contributed by atoms with Crippen molar-refractivity contribution >= 4 is 35.6 Å². The number of hydrogen-bond acceptors (Lipinski definition) is 3. The second kappa shape index (κ2) is 7.44. The molecule has 0 bridgehead atoms. The predicted octanol–water partition coefficient (Wildman–Crippen LogP) is 3.48. The maximum absolute atomic E-state index is 13.1. The molecule has 1 aliphatic rings. The van der Waals surface area contributed by atoms with Gasteiger partial charge in [-0.1, -0.05) is 11.6 Å². The molecule has 1 heterocycles. The lowest BCUT2D eigenvalue weighted by atomic mass is 10.2. The van der Waals surface area contributed by atoms with Crippen LogP contribution in [0.2, 0.25) is 5.02 Å². The summed E-state index contributed by atoms with van der Waals surface area (Å²) >= 11 is 6.05. The van der Waals surface area contributed by atoms with Gasteiger partial charge in [-0.15, -0.1) is 12.4 Å². The van der Waals surface area contributed by atoms with Crippen molar-refractivity contribution in [3.8, 4) is 5.75 Å². The molecule has 2 N–H and O–H groups in total. The van der Waals surface area contributed by atoms with Crippen LogP contribution in [-0.2, 0) is 4.79 Å². The summed E-state index contributed by atoms with van der Waals surface area (Å²) in [5.41, 5.74) is 0.443. The first kappa shape index (κ1) is 18.9. The van der Waals surface area contributed by atoms with Gasteiger partial charge in [0.05, 0.1) is 23.7 Å². The molecular formula is C14H18Cl2F2N2O2. The molecule has 1 atom stereocenters. The molecule has 2 rings (SSSR count). The maximum atomic E-state index is 13.1. The van der Waals surface area contributed by atoms with Gasteiger partial charge >= 0.3 is 0 Å². The lowest BCUT2D eigenvalue weighted by molar-refractivity contribution is -0.118. The molecule has 0 spiro atoms. The Morgan fingerprint density at radius 2 is 2.18 bits per heavy atom. The van der Waals surface area contributed by atoms with E-state index in [1.54, 1.807) is 12.1 Å². The molecule has 1 aromatic rings. The largest absolute Gasteiger partial charge is 0.489 e. The van der Waals surface area contributed by atoms with Crippen LogP contribution in [0.1, 0.15) is 20.3 Å². The lowest BCUT2D eigenvalue weighted by Gasteiger charge is -2.14. The minimum atomic E-state index is -2.84. The van der Waals surface area contributed by atoms with Crippen molar-refractivity contribution in [1.29, 1.82) is 0 Å². The number of benzene rings is 1. The third-order valence-electron chi connectivity index (χ3n) is 2.99. The smallest absolute Gasteiger partial charge is 0.262 e. The van der Waals surface area contributed by atoms with E-state index in [-0.39, 0.29) is 18.5 Å². The molecule has 0 aliphatic carbocycles. The Morgan fingerprint density at radius 3 is 2.68 bits per heavy atom. The molecule has 4 nitrogen and oxygen atoms in total. The van der Waals surface area contributed by atoms with Crippen molar-refractivity contribution in [3.05, 3.63) is 23.2 Å². The van der Waals surface area contributed by atoms with Crippen LogP contribution in [0.25, 0.3) is 0 Å². The van der Waals surface area contributed by atoms with E-state index < -0.39 is 30.8 Å². The average molecular weight is 355 g/mol. The third kappa shape index (κ3) is 4.97. The Hall–Kier alpha value is -1.11. The van der Waals surface area contributed by atoms with Crippen molar-refractivity contribution < 1.29 is 18.3 Å². The van der Waals surface area contributed by atoms with Gasteiger partial charge < -0.3 is 10.1 Å². The van der Waals surface area contributed by atoms with E-state index in [0.29, 0.717) is 16.5 Å². The summed E-state index contributed by atoms with van der Waals surface area (Å²) in [5.74, 6) is -2.83. The molecule has 1 fully saturated rings. The molecule has 0 saturated carbocycles. The van der Waals surface area contributed by atoms with Gasteiger partial charge in [-0.3, -0.25) is 10.1 Å². The number of ether oxygens (including phenoxy) is 1. The zero-order chi connectivity index (χ0) is 15.6. The summed E-state index contributed by atoms with van der Waals surface area (Å²) in [6, 6.07) is 3.89. The first-order chi connectivity index (χ1) is 9.77. The van der Waals surface area contributed by atoms with Crippen LogP contribution in [0.3, 0.4) is 0 Å². The molecule has 1 aromatic carbocycles. The van der Waals surface area contributed by atoms with Gasteiger partial charge in [0.15, 0.2) is 0 Å². The highest BCUT2D eigenvalue weighted by Crippen LogP contribution is 2.29. The number of rotatable bonds is 4. The predicted molar refractivity (Wildman–Crippen MR) is 84.4 cm³/mol. The zero-order valence-corrected chi connectivity index (χ0v) is 13.7. The van der Waals surface area contributed by atoms with E-state index in [1.807, 2.05) is 13.8 Å². The van der Waals surface area contributed by atoms with E-state index in [1.165, 1.54) is 6.07 Å². The molecule has 1 saturated heterocycles. The van der Waals surface area contributed by atoms with Gasteiger partial charge in [0, 0.05) is 12.1 Å². The quantitative estimate of drug-likeness (QED) is 0.870. The number of carbonyl (C=O) groups excluding carboxylic acids is 1. The maximum Gasteiger partial charge on any atom is 0.262 e. The van der Waals surface area contributed by atoms with E-state index >= 15 is 0 Å². The minimum absolute atomic E-state index is 0. The van der Waals surface area contributed by atoms with Crippen LogP contribution >= 0.6 is 24.0 Å². The molecule has 1 amide bonds. The third-order valence-corrected chi connectivity index (χ3v) is 3.28. The monoisotopic (exact) mass is 354 g/mol. The molecule has 1 unspecified atom stereocenters. The fraction of sp³-hybridized carbons (Fsp3) is 0.500. The SMILES string of the molecule is CC(C)Oc1ccc(NC(=O)C2CC(F)(F)CN2)cc1Cl.Cl. The van der Waals surface area contributed by atoms with Crippen LogP contribution in [-0.4, -0.2) is 30.5 Å². The fourth-order valence-electron chi connectivity index (χ4n) is 2.06. The number of carbonyl (C=O) groups is 1. The second-order valence-electron chi connectivity index (χ2n) is 5.29. The summed E-state index contributed by atoms with van der Waals surface area (Å²) in [7, 11) is 0. The van der Waals surface area contributed by atoms with Gasteiger partial charge in [-0.05, 0) is 32.0 Å².